The Bertz CT molecular complexity index is 383. The molecule has 0 spiro atoms. The molecule has 0 aromatic rings. The molecule has 1 heterocycles. The first kappa shape index (κ1) is 14.1. The zero-order valence-electron chi connectivity index (χ0n) is 11.5. The number of oxime groups is 1. The predicted molar refractivity (Wildman–Crippen MR) is 70.5 cm³/mol. The summed E-state index contributed by atoms with van der Waals surface area (Å²) in [5.74, 6) is -0.123. The zero-order valence-corrected chi connectivity index (χ0v) is 11.5. The number of fused-ring (bicyclic) bond motifs is 1. The Hall–Kier alpha value is -1.30. The molecule has 1 aliphatic heterocycles. The van der Waals surface area contributed by atoms with Crippen molar-refractivity contribution in [1.29, 1.82) is 0 Å². The van der Waals surface area contributed by atoms with Gasteiger partial charge in [0.05, 0.1) is 6.10 Å². The van der Waals surface area contributed by atoms with Gasteiger partial charge in [0.2, 0.25) is 5.91 Å². The van der Waals surface area contributed by atoms with Gasteiger partial charge in [0.1, 0.15) is 5.92 Å². The van der Waals surface area contributed by atoms with E-state index in [4.69, 9.17) is 10.9 Å². The van der Waals surface area contributed by atoms with E-state index in [9.17, 15) is 9.90 Å². The maximum atomic E-state index is 12.5. The summed E-state index contributed by atoms with van der Waals surface area (Å²) in [5, 5.41) is 21.7. The lowest BCUT2D eigenvalue weighted by Gasteiger charge is -2.26. The molecule has 2 aliphatic rings. The number of rotatable bonds is 3. The summed E-state index contributed by atoms with van der Waals surface area (Å²) in [5.41, 5.74) is 5.63. The number of aliphatic hydroxyl groups is 1. The van der Waals surface area contributed by atoms with Crippen molar-refractivity contribution in [1.82, 2.24) is 4.90 Å². The first-order chi connectivity index (χ1) is 8.95. The first-order valence-corrected chi connectivity index (χ1v) is 6.90. The van der Waals surface area contributed by atoms with Gasteiger partial charge in [-0.1, -0.05) is 19.0 Å². The minimum absolute atomic E-state index is 0.0197. The summed E-state index contributed by atoms with van der Waals surface area (Å²) < 4.78 is 0. The number of nitrogens with two attached hydrogens (primary N) is 1. The number of amidine groups is 1. The summed E-state index contributed by atoms with van der Waals surface area (Å²) >= 11 is 0. The van der Waals surface area contributed by atoms with Gasteiger partial charge in [-0.3, -0.25) is 4.79 Å². The number of likely N-dealkylation sites (tertiary alicyclic amines) is 1. The topological polar surface area (TPSA) is 99.2 Å². The van der Waals surface area contributed by atoms with Gasteiger partial charge >= 0.3 is 0 Å². The van der Waals surface area contributed by atoms with Crippen molar-refractivity contribution in [3.05, 3.63) is 0 Å². The van der Waals surface area contributed by atoms with Crippen LogP contribution in [0, 0.1) is 23.7 Å². The van der Waals surface area contributed by atoms with E-state index in [0.29, 0.717) is 19.0 Å². The highest BCUT2D eigenvalue weighted by atomic mass is 16.4. The molecule has 0 aromatic carbocycles. The third-order valence-electron chi connectivity index (χ3n) is 4.50. The van der Waals surface area contributed by atoms with Crippen LogP contribution in [0.1, 0.15) is 26.7 Å². The minimum Gasteiger partial charge on any atom is -0.409 e. The number of carbonyl (C=O) groups excluding carboxylic acids is 1. The highest BCUT2D eigenvalue weighted by Gasteiger charge is 2.45. The van der Waals surface area contributed by atoms with Crippen LogP contribution in [0.3, 0.4) is 0 Å². The Kier molecular flexibility index (Phi) is 3.99. The average Bonchev–Trinajstić information content (AvgIpc) is 2.91. The lowest BCUT2D eigenvalue weighted by Crippen LogP contribution is -2.44. The summed E-state index contributed by atoms with van der Waals surface area (Å²) in [4.78, 5) is 14.3. The smallest absolute Gasteiger partial charge is 0.233 e. The largest absolute Gasteiger partial charge is 0.409 e. The normalized spacial score (nSPS) is 32.7. The lowest BCUT2D eigenvalue weighted by molar-refractivity contribution is -0.133. The molecular formula is C13H23N3O3. The van der Waals surface area contributed by atoms with Gasteiger partial charge in [-0.05, 0) is 24.7 Å². The van der Waals surface area contributed by atoms with Gasteiger partial charge in [-0.2, -0.15) is 0 Å². The molecule has 4 atom stereocenters. The fourth-order valence-corrected chi connectivity index (χ4v) is 3.43. The van der Waals surface area contributed by atoms with E-state index in [1.165, 1.54) is 0 Å². The SMILES string of the molecule is CC(C)C(C(=O)N1CC2CCC(O)C2C1)C(N)=NO. The van der Waals surface area contributed by atoms with Crippen LogP contribution < -0.4 is 5.73 Å². The van der Waals surface area contributed by atoms with Gasteiger partial charge in [0, 0.05) is 19.0 Å². The monoisotopic (exact) mass is 269 g/mol. The quantitative estimate of drug-likeness (QED) is 0.296. The summed E-state index contributed by atoms with van der Waals surface area (Å²) in [7, 11) is 0. The predicted octanol–water partition coefficient (Wildman–Crippen LogP) is 0.234. The van der Waals surface area contributed by atoms with Gasteiger partial charge in [-0.25, -0.2) is 0 Å². The van der Waals surface area contributed by atoms with Crippen LogP contribution in [-0.2, 0) is 4.79 Å². The Morgan fingerprint density at radius 2 is 2.05 bits per heavy atom. The lowest BCUT2D eigenvalue weighted by atomic mass is 9.93. The molecule has 1 saturated heterocycles. The van der Waals surface area contributed by atoms with Gasteiger partial charge in [-0.15, -0.1) is 0 Å². The second-order valence-electron chi connectivity index (χ2n) is 6.06. The van der Waals surface area contributed by atoms with Crippen LogP contribution in [0.2, 0.25) is 0 Å². The van der Waals surface area contributed by atoms with E-state index in [-0.39, 0.29) is 29.7 Å². The Morgan fingerprint density at radius 3 is 2.58 bits per heavy atom. The summed E-state index contributed by atoms with van der Waals surface area (Å²) in [6, 6.07) is 0. The van der Waals surface area contributed by atoms with E-state index in [2.05, 4.69) is 5.16 Å². The molecule has 2 fully saturated rings. The minimum atomic E-state index is -0.582. The molecule has 19 heavy (non-hydrogen) atoms. The molecule has 0 bridgehead atoms. The second kappa shape index (κ2) is 5.36. The van der Waals surface area contributed by atoms with Crippen molar-refractivity contribution in [2.45, 2.75) is 32.8 Å². The highest BCUT2D eigenvalue weighted by molar-refractivity contribution is 6.02. The molecule has 0 aromatic heterocycles. The Morgan fingerprint density at radius 1 is 1.37 bits per heavy atom. The molecular weight excluding hydrogens is 246 g/mol. The van der Waals surface area contributed by atoms with Crippen molar-refractivity contribution < 1.29 is 15.1 Å². The van der Waals surface area contributed by atoms with Crippen molar-refractivity contribution in [2.75, 3.05) is 13.1 Å². The maximum absolute atomic E-state index is 12.5. The number of amides is 1. The van der Waals surface area contributed by atoms with Crippen molar-refractivity contribution in [3.8, 4) is 0 Å². The van der Waals surface area contributed by atoms with E-state index in [0.717, 1.165) is 12.8 Å². The summed E-state index contributed by atoms with van der Waals surface area (Å²) in [6.07, 6.45) is 1.53. The summed E-state index contributed by atoms with van der Waals surface area (Å²) in [6.45, 7) is 5.04. The van der Waals surface area contributed by atoms with Crippen LogP contribution in [-0.4, -0.2) is 46.1 Å². The molecule has 6 heteroatoms. The third-order valence-corrected chi connectivity index (χ3v) is 4.50. The number of nitrogens with zero attached hydrogens (tertiary/aromatic N) is 2. The molecule has 4 unspecified atom stereocenters. The van der Waals surface area contributed by atoms with Crippen LogP contribution >= 0.6 is 0 Å². The molecule has 6 nitrogen and oxygen atoms in total. The second-order valence-corrected chi connectivity index (χ2v) is 6.06. The number of hydrogen-bond acceptors (Lipinski definition) is 4. The molecule has 1 amide bonds. The van der Waals surface area contributed by atoms with Gasteiger partial charge in [0.15, 0.2) is 5.84 Å². The van der Waals surface area contributed by atoms with Crippen molar-refractivity contribution in [3.63, 3.8) is 0 Å². The Balaban J connectivity index is 2.08. The average molecular weight is 269 g/mol. The molecule has 1 saturated carbocycles. The standard InChI is InChI=1S/C13H23N3O3/c1-7(2)11(12(14)15-19)13(18)16-5-8-3-4-10(17)9(8)6-16/h7-11,17,19H,3-6H2,1-2H3,(H2,14,15). The van der Waals surface area contributed by atoms with Crippen LogP contribution in [0.5, 0.6) is 0 Å². The molecule has 108 valence electrons. The van der Waals surface area contributed by atoms with E-state index >= 15 is 0 Å². The van der Waals surface area contributed by atoms with Crippen molar-refractivity contribution >= 4 is 11.7 Å². The molecule has 4 N–H and O–H groups in total. The van der Waals surface area contributed by atoms with Crippen molar-refractivity contribution in [2.24, 2.45) is 34.6 Å². The van der Waals surface area contributed by atoms with Crippen LogP contribution in [0.25, 0.3) is 0 Å². The van der Waals surface area contributed by atoms with E-state index in [1.807, 2.05) is 13.8 Å². The maximum Gasteiger partial charge on any atom is 0.233 e. The molecule has 2 rings (SSSR count). The number of carbonyl (C=O) groups is 1. The van der Waals surface area contributed by atoms with E-state index < -0.39 is 5.92 Å². The van der Waals surface area contributed by atoms with Crippen LogP contribution in [0.15, 0.2) is 5.16 Å². The third kappa shape index (κ3) is 2.54. The Labute approximate surface area is 113 Å². The molecule has 1 aliphatic carbocycles. The fraction of sp³-hybridized carbons (Fsp3) is 0.846. The van der Waals surface area contributed by atoms with E-state index in [1.54, 1.807) is 4.90 Å². The van der Waals surface area contributed by atoms with Crippen LogP contribution in [0.4, 0.5) is 0 Å². The number of hydrogen-bond donors (Lipinski definition) is 3. The number of aliphatic hydroxyl groups excluding tert-OH is 1. The first-order valence-electron chi connectivity index (χ1n) is 6.90. The zero-order chi connectivity index (χ0) is 14.2. The fourth-order valence-electron chi connectivity index (χ4n) is 3.43. The van der Waals surface area contributed by atoms with Gasteiger partial charge < -0.3 is 20.9 Å². The van der Waals surface area contributed by atoms with Gasteiger partial charge in [0.25, 0.3) is 0 Å². The molecule has 0 radical (unpaired) electrons. The highest BCUT2D eigenvalue weighted by Crippen LogP contribution is 2.38.